The fourth-order valence-corrected chi connectivity index (χ4v) is 3.44. The first-order chi connectivity index (χ1) is 10.5. The highest BCUT2D eigenvalue weighted by atomic mass is 127. The number of nitrogens with one attached hydrogen (secondary N) is 1. The first kappa shape index (κ1) is 17.2. The molecule has 1 aliphatic heterocycles. The lowest BCUT2D eigenvalue weighted by Gasteiger charge is -2.35. The summed E-state index contributed by atoms with van der Waals surface area (Å²) in [6, 6.07) is 5.62. The molecule has 0 aromatic heterocycles. The number of likely N-dealkylation sites (tertiary alicyclic amines) is 1. The quantitative estimate of drug-likeness (QED) is 0.587. The van der Waals surface area contributed by atoms with Crippen LogP contribution in [0.4, 0.5) is 5.69 Å². The molecule has 1 aromatic rings. The van der Waals surface area contributed by atoms with Crippen LogP contribution in [0.25, 0.3) is 0 Å². The van der Waals surface area contributed by atoms with E-state index in [2.05, 4.69) is 27.9 Å². The second-order valence-electron chi connectivity index (χ2n) is 5.57. The summed E-state index contributed by atoms with van der Waals surface area (Å²) in [6.45, 7) is 2.52. The van der Waals surface area contributed by atoms with Gasteiger partial charge in [0.1, 0.15) is 0 Å². The van der Waals surface area contributed by atoms with Crippen LogP contribution in [0, 0.1) is 10.5 Å². The molecular weight excluding hydrogens is 395 g/mol. The number of amides is 2. The minimum atomic E-state index is -0.603. The molecule has 0 radical (unpaired) electrons. The van der Waals surface area contributed by atoms with E-state index in [4.69, 9.17) is 5.11 Å². The van der Waals surface area contributed by atoms with Gasteiger partial charge in [-0.05, 0) is 79.0 Å². The zero-order chi connectivity index (χ0) is 16.1. The van der Waals surface area contributed by atoms with Crippen LogP contribution in [-0.4, -0.2) is 41.0 Å². The van der Waals surface area contributed by atoms with Crippen LogP contribution in [-0.2, 0) is 9.59 Å². The van der Waals surface area contributed by atoms with E-state index in [-0.39, 0.29) is 12.6 Å². The van der Waals surface area contributed by atoms with E-state index in [9.17, 15) is 9.59 Å². The van der Waals surface area contributed by atoms with Gasteiger partial charge >= 0.3 is 11.8 Å². The molecule has 0 saturated carbocycles. The third-order valence-electron chi connectivity index (χ3n) is 3.98. The number of aliphatic hydroxyl groups is 1. The number of carbonyl (C=O) groups excluding carboxylic acids is 2. The summed E-state index contributed by atoms with van der Waals surface area (Å²) < 4.78 is 1.08. The number of carbonyl (C=O) groups is 2. The van der Waals surface area contributed by atoms with E-state index in [0.717, 1.165) is 28.4 Å². The number of aliphatic hydroxyl groups excluding tert-OH is 1. The predicted octanol–water partition coefficient (Wildman–Crippen LogP) is 2.30. The maximum Gasteiger partial charge on any atom is 0.313 e. The van der Waals surface area contributed by atoms with Crippen molar-refractivity contribution < 1.29 is 14.7 Å². The molecule has 2 rings (SSSR count). The van der Waals surface area contributed by atoms with Crippen LogP contribution >= 0.6 is 22.6 Å². The number of piperidine rings is 1. The van der Waals surface area contributed by atoms with Crippen molar-refractivity contribution in [2.24, 2.45) is 0 Å². The molecule has 1 heterocycles. The third kappa shape index (κ3) is 4.19. The number of aryl methyl sites for hydroxylation is 1. The van der Waals surface area contributed by atoms with Gasteiger partial charge in [0.2, 0.25) is 0 Å². The van der Waals surface area contributed by atoms with Crippen molar-refractivity contribution in [1.82, 2.24) is 4.90 Å². The Morgan fingerprint density at radius 1 is 1.41 bits per heavy atom. The third-order valence-corrected chi connectivity index (χ3v) is 4.65. The molecule has 0 spiro atoms. The Bertz CT molecular complexity index is 560. The van der Waals surface area contributed by atoms with E-state index < -0.39 is 11.8 Å². The van der Waals surface area contributed by atoms with E-state index >= 15 is 0 Å². The Hall–Kier alpha value is -1.15. The lowest BCUT2D eigenvalue weighted by molar-refractivity contribution is -0.146. The maximum atomic E-state index is 12.4. The molecule has 5 nitrogen and oxygen atoms in total. The van der Waals surface area contributed by atoms with E-state index in [1.165, 1.54) is 0 Å². The monoisotopic (exact) mass is 416 g/mol. The average molecular weight is 416 g/mol. The molecule has 0 aliphatic carbocycles. The lowest BCUT2D eigenvalue weighted by Crippen LogP contribution is -2.48. The van der Waals surface area contributed by atoms with Crippen molar-refractivity contribution in [3.8, 4) is 0 Å². The summed E-state index contributed by atoms with van der Waals surface area (Å²) in [4.78, 5) is 26.2. The Kier molecular flexibility index (Phi) is 6.19. The standard InChI is InChI=1S/C16H21IN2O3/c1-11-10-12(17)5-6-14(11)18-15(21)16(22)19-8-3-2-4-13(19)7-9-20/h5-6,10,13,20H,2-4,7-9H2,1H3,(H,18,21). The highest BCUT2D eigenvalue weighted by Gasteiger charge is 2.30. The Balaban J connectivity index is 2.06. The van der Waals surface area contributed by atoms with Crippen molar-refractivity contribution >= 4 is 40.1 Å². The van der Waals surface area contributed by atoms with Gasteiger partial charge in [-0.15, -0.1) is 0 Å². The van der Waals surface area contributed by atoms with Crippen LogP contribution in [0.2, 0.25) is 0 Å². The fraction of sp³-hybridized carbons (Fsp3) is 0.500. The number of anilines is 1. The van der Waals surface area contributed by atoms with E-state index in [1.807, 2.05) is 25.1 Å². The van der Waals surface area contributed by atoms with Crippen molar-refractivity contribution in [2.45, 2.75) is 38.6 Å². The van der Waals surface area contributed by atoms with Crippen LogP contribution in [0.3, 0.4) is 0 Å². The van der Waals surface area contributed by atoms with Crippen LogP contribution in [0.15, 0.2) is 18.2 Å². The maximum absolute atomic E-state index is 12.4. The zero-order valence-electron chi connectivity index (χ0n) is 12.6. The molecule has 6 heteroatoms. The fourth-order valence-electron chi connectivity index (χ4n) is 2.79. The van der Waals surface area contributed by atoms with E-state index in [1.54, 1.807) is 4.90 Å². The molecule has 120 valence electrons. The molecule has 22 heavy (non-hydrogen) atoms. The number of benzene rings is 1. The highest BCUT2D eigenvalue weighted by Crippen LogP contribution is 2.21. The molecule has 1 atom stereocenters. The number of hydrogen-bond donors (Lipinski definition) is 2. The van der Waals surface area contributed by atoms with Gasteiger partial charge in [-0.3, -0.25) is 9.59 Å². The average Bonchev–Trinajstić information content (AvgIpc) is 2.50. The molecule has 0 bridgehead atoms. The number of halogens is 1. The molecule has 1 unspecified atom stereocenters. The van der Waals surface area contributed by atoms with Crippen LogP contribution in [0.1, 0.15) is 31.2 Å². The van der Waals surface area contributed by atoms with Gasteiger partial charge in [0.15, 0.2) is 0 Å². The predicted molar refractivity (Wildman–Crippen MR) is 93.6 cm³/mol. The Morgan fingerprint density at radius 3 is 2.86 bits per heavy atom. The molecule has 1 aromatic carbocycles. The van der Waals surface area contributed by atoms with Gasteiger partial charge < -0.3 is 15.3 Å². The van der Waals surface area contributed by atoms with Gasteiger partial charge in [0.05, 0.1) is 0 Å². The molecule has 1 aliphatic rings. The van der Waals surface area contributed by atoms with Gasteiger partial charge in [-0.1, -0.05) is 0 Å². The van der Waals surface area contributed by atoms with Gasteiger partial charge in [-0.25, -0.2) is 0 Å². The Morgan fingerprint density at radius 2 is 2.18 bits per heavy atom. The van der Waals surface area contributed by atoms with Crippen LogP contribution < -0.4 is 5.32 Å². The molecule has 2 N–H and O–H groups in total. The second-order valence-corrected chi connectivity index (χ2v) is 6.82. The SMILES string of the molecule is Cc1cc(I)ccc1NC(=O)C(=O)N1CCCCC1CCO. The van der Waals surface area contributed by atoms with Crippen molar-refractivity contribution in [3.05, 3.63) is 27.3 Å². The summed E-state index contributed by atoms with van der Waals surface area (Å²) in [7, 11) is 0. The topological polar surface area (TPSA) is 69.6 Å². The summed E-state index contributed by atoms with van der Waals surface area (Å²) >= 11 is 2.20. The van der Waals surface area contributed by atoms with Crippen molar-refractivity contribution in [1.29, 1.82) is 0 Å². The van der Waals surface area contributed by atoms with E-state index in [0.29, 0.717) is 18.7 Å². The summed E-state index contributed by atoms with van der Waals surface area (Å²) in [5.74, 6) is -1.11. The highest BCUT2D eigenvalue weighted by molar-refractivity contribution is 14.1. The Labute approximate surface area is 144 Å². The van der Waals surface area contributed by atoms with Crippen LogP contribution in [0.5, 0.6) is 0 Å². The molecule has 2 amide bonds. The first-order valence-corrected chi connectivity index (χ1v) is 8.59. The zero-order valence-corrected chi connectivity index (χ0v) is 14.8. The van der Waals surface area contributed by atoms with Gasteiger partial charge in [0.25, 0.3) is 0 Å². The van der Waals surface area contributed by atoms with Crippen molar-refractivity contribution in [3.63, 3.8) is 0 Å². The molecular formula is C16H21IN2O3. The summed E-state index contributed by atoms with van der Waals surface area (Å²) in [6.07, 6.45) is 3.32. The number of rotatable bonds is 3. The smallest absolute Gasteiger partial charge is 0.313 e. The van der Waals surface area contributed by atoms with Gasteiger partial charge in [0, 0.05) is 28.5 Å². The largest absolute Gasteiger partial charge is 0.396 e. The number of hydrogen-bond acceptors (Lipinski definition) is 3. The minimum absolute atomic E-state index is 0.0326. The first-order valence-electron chi connectivity index (χ1n) is 7.52. The van der Waals surface area contributed by atoms with Gasteiger partial charge in [-0.2, -0.15) is 0 Å². The lowest BCUT2D eigenvalue weighted by atomic mass is 9.99. The minimum Gasteiger partial charge on any atom is -0.396 e. The molecule has 1 saturated heterocycles. The summed E-state index contributed by atoms with van der Waals surface area (Å²) in [5, 5.41) is 11.8. The summed E-state index contributed by atoms with van der Waals surface area (Å²) in [5.41, 5.74) is 1.59. The normalized spacial score (nSPS) is 18.1. The number of nitrogens with zero attached hydrogens (tertiary/aromatic N) is 1. The van der Waals surface area contributed by atoms with Crippen molar-refractivity contribution in [2.75, 3.05) is 18.5 Å². The molecule has 1 fully saturated rings. The second kappa shape index (κ2) is 7.92.